The third-order valence-electron chi connectivity index (χ3n) is 11.2. The molecule has 1 saturated heterocycles. The van der Waals surface area contributed by atoms with E-state index in [-0.39, 0.29) is 37.9 Å². The summed E-state index contributed by atoms with van der Waals surface area (Å²) in [7, 11) is -11.0. The zero-order chi connectivity index (χ0) is 54.5. The molecule has 74 heavy (non-hydrogen) atoms. The first-order valence-corrected chi connectivity index (χ1v) is 28.8. The highest BCUT2D eigenvalue weighted by molar-refractivity contribution is 7.61. The van der Waals surface area contributed by atoms with E-state index in [4.69, 9.17) is 29.0 Å². The standard InChI is InChI=1S/C52H83N3O17P2/c1-3-5-7-9-11-13-15-17-18-19-20-21-23-25-27-29-31-35-47(58)67-39-42(70-48(59)36-32-34-44(57)43(56)33-30-28-26-24-22-16-14-12-10-8-6-4-2)40-68-73(63,64)72-74(65,66)69-41-45-49(60)50(61)51(71-45)55-38-37-46(53)54-52(55)62/h11-14,17-18,20-22,24-25,27-28,30,37-38,42-45,49-51,56-57,60-61H,3-10,15-16,19,23,26,29,31-36,39-41H2,1-2H3,(H,63,64)(H,65,66)(H2,53,54,62)/b13-11-,14-12-,18-17-,21-20-,24-22-,27-25-,30-28-/t42-,43?,44?,45-,49-,50-,51-/m1/s1. The van der Waals surface area contributed by atoms with Crippen molar-refractivity contribution in [2.75, 3.05) is 25.6 Å². The molecule has 2 heterocycles. The van der Waals surface area contributed by atoms with E-state index in [2.05, 4.69) is 71.8 Å². The van der Waals surface area contributed by atoms with Crippen molar-refractivity contribution < 1.29 is 76.5 Å². The summed E-state index contributed by atoms with van der Waals surface area (Å²) in [6.45, 7) is 1.75. The number of allylic oxidation sites excluding steroid dienone is 13. The van der Waals surface area contributed by atoms with Gasteiger partial charge in [0.05, 0.1) is 25.4 Å². The largest absolute Gasteiger partial charge is 0.481 e. The van der Waals surface area contributed by atoms with Crippen LogP contribution in [0.1, 0.15) is 148 Å². The lowest BCUT2D eigenvalue weighted by molar-refractivity contribution is -0.161. The summed E-state index contributed by atoms with van der Waals surface area (Å²) in [5, 5.41) is 41.9. The number of rotatable bonds is 41. The maximum absolute atomic E-state index is 12.9. The number of esters is 2. The minimum atomic E-state index is -5.52. The van der Waals surface area contributed by atoms with Crippen LogP contribution in [0.25, 0.3) is 0 Å². The van der Waals surface area contributed by atoms with Crippen molar-refractivity contribution in [1.29, 1.82) is 0 Å². The third kappa shape index (κ3) is 31.0. The van der Waals surface area contributed by atoms with Crippen molar-refractivity contribution in [2.45, 2.75) is 185 Å². The van der Waals surface area contributed by atoms with E-state index in [9.17, 15) is 53.7 Å². The molecule has 0 aromatic carbocycles. The van der Waals surface area contributed by atoms with Gasteiger partial charge in [0, 0.05) is 19.0 Å². The molecule has 1 aliphatic rings. The zero-order valence-corrected chi connectivity index (χ0v) is 44.9. The van der Waals surface area contributed by atoms with Gasteiger partial charge < -0.3 is 50.2 Å². The number of hydrogen-bond donors (Lipinski definition) is 7. The Hall–Kier alpha value is -4.14. The normalized spacial score (nSPS) is 20.4. The van der Waals surface area contributed by atoms with E-state index in [1.54, 1.807) is 6.08 Å². The molecular weight excluding hydrogens is 1000 g/mol. The van der Waals surface area contributed by atoms with Gasteiger partial charge in [-0.3, -0.25) is 23.2 Å². The van der Waals surface area contributed by atoms with E-state index >= 15 is 0 Å². The van der Waals surface area contributed by atoms with Gasteiger partial charge in [-0.15, -0.1) is 0 Å². The summed E-state index contributed by atoms with van der Waals surface area (Å²) in [6, 6.07) is 1.23. The smallest absolute Gasteiger partial charge is 0.462 e. The van der Waals surface area contributed by atoms with Crippen LogP contribution >= 0.6 is 15.6 Å². The highest BCUT2D eigenvalue weighted by Crippen LogP contribution is 2.60. The molecule has 1 aliphatic heterocycles. The quantitative estimate of drug-likeness (QED) is 0.0140. The molecule has 418 valence electrons. The molecule has 0 bridgehead atoms. The predicted octanol–water partition coefficient (Wildman–Crippen LogP) is 8.61. The van der Waals surface area contributed by atoms with Crippen LogP contribution in [0.4, 0.5) is 5.82 Å². The van der Waals surface area contributed by atoms with Gasteiger partial charge in [0.15, 0.2) is 12.3 Å². The Balaban J connectivity index is 1.90. The highest BCUT2D eigenvalue weighted by Gasteiger charge is 2.46. The molecular formula is C52H83N3O17P2. The molecule has 9 atom stereocenters. The fraction of sp³-hybridized carbons (Fsp3) is 0.615. The molecule has 2 rings (SSSR count). The fourth-order valence-electron chi connectivity index (χ4n) is 7.00. The Bertz CT molecular complexity index is 2110. The molecule has 1 fully saturated rings. The number of nitrogens with two attached hydrogens (primary N) is 1. The van der Waals surface area contributed by atoms with Gasteiger partial charge in [-0.25, -0.2) is 13.9 Å². The lowest BCUT2D eigenvalue weighted by Crippen LogP contribution is -2.36. The monoisotopic (exact) mass is 1080 g/mol. The second kappa shape index (κ2) is 39.3. The molecule has 0 aliphatic carbocycles. The minimum absolute atomic E-state index is 0.0140. The van der Waals surface area contributed by atoms with Gasteiger partial charge in [0.2, 0.25) is 0 Å². The number of ether oxygens (including phenoxy) is 3. The van der Waals surface area contributed by atoms with E-state index in [1.165, 1.54) is 44.6 Å². The predicted molar refractivity (Wildman–Crippen MR) is 282 cm³/mol. The van der Waals surface area contributed by atoms with E-state index in [0.29, 0.717) is 19.3 Å². The SMILES string of the molecule is CCCCC/C=C\C/C=C\C/C=C\C/C=C\CCCC(=O)OC[C@H](COP(=O)(O)OP(=O)(O)OC[C@H]1O[C@@H](n2ccc(N)nc2=O)[C@H](O)[C@@H]1O)OC(=O)CCCC(O)C(O)C/C=C\C/C=C\C/C=C\CCCCC. The highest BCUT2D eigenvalue weighted by atomic mass is 31.3. The number of phosphoric acid groups is 2. The number of nitrogen functional groups attached to an aromatic ring is 1. The van der Waals surface area contributed by atoms with Crippen LogP contribution in [0.5, 0.6) is 0 Å². The summed E-state index contributed by atoms with van der Waals surface area (Å²) in [4.78, 5) is 62.0. The van der Waals surface area contributed by atoms with Gasteiger partial charge in [0.1, 0.15) is 30.7 Å². The number of aliphatic hydroxyl groups is 4. The fourth-order valence-corrected chi connectivity index (χ4v) is 9.11. The minimum Gasteiger partial charge on any atom is -0.462 e. The number of aliphatic hydroxyl groups excluding tert-OH is 4. The molecule has 0 saturated carbocycles. The Kier molecular flexibility index (Phi) is 35.0. The van der Waals surface area contributed by atoms with Crippen molar-refractivity contribution in [3.63, 3.8) is 0 Å². The molecule has 0 spiro atoms. The number of hydrogen-bond acceptors (Lipinski definition) is 17. The molecule has 8 N–H and O–H groups in total. The first-order valence-electron chi connectivity index (χ1n) is 25.8. The molecule has 1 aromatic rings. The summed E-state index contributed by atoms with van der Waals surface area (Å²) in [5.41, 5.74) is 4.55. The summed E-state index contributed by atoms with van der Waals surface area (Å²) in [6.07, 6.45) is 34.0. The summed E-state index contributed by atoms with van der Waals surface area (Å²) in [5.74, 6) is -1.67. The van der Waals surface area contributed by atoms with Crippen molar-refractivity contribution in [3.8, 4) is 0 Å². The third-order valence-corrected chi connectivity index (χ3v) is 13.8. The molecule has 22 heteroatoms. The van der Waals surface area contributed by atoms with Gasteiger partial charge >= 0.3 is 33.3 Å². The Morgan fingerprint density at radius 2 is 1.22 bits per heavy atom. The van der Waals surface area contributed by atoms with Gasteiger partial charge in [-0.1, -0.05) is 125 Å². The van der Waals surface area contributed by atoms with Crippen LogP contribution in [0.15, 0.2) is 102 Å². The second-order valence-corrected chi connectivity index (χ2v) is 20.7. The molecule has 4 unspecified atom stereocenters. The average molecular weight is 1080 g/mol. The van der Waals surface area contributed by atoms with Crippen LogP contribution in [-0.2, 0) is 46.3 Å². The maximum Gasteiger partial charge on any atom is 0.481 e. The van der Waals surface area contributed by atoms with Crippen LogP contribution in [0, 0.1) is 0 Å². The van der Waals surface area contributed by atoms with Gasteiger partial charge in [-0.2, -0.15) is 9.29 Å². The van der Waals surface area contributed by atoms with Gasteiger partial charge in [0.25, 0.3) is 0 Å². The van der Waals surface area contributed by atoms with Gasteiger partial charge in [-0.05, 0) is 96.0 Å². The molecule has 20 nitrogen and oxygen atoms in total. The Morgan fingerprint density at radius 3 is 1.77 bits per heavy atom. The number of aromatic nitrogens is 2. The lowest BCUT2D eigenvalue weighted by Gasteiger charge is -2.22. The van der Waals surface area contributed by atoms with E-state index < -0.39 is 95.9 Å². The topological polar surface area (TPSA) is 306 Å². The Morgan fingerprint density at radius 1 is 0.703 bits per heavy atom. The van der Waals surface area contributed by atoms with Crippen LogP contribution < -0.4 is 11.4 Å². The van der Waals surface area contributed by atoms with E-state index in [0.717, 1.165) is 49.3 Å². The van der Waals surface area contributed by atoms with Crippen molar-refractivity contribution >= 4 is 33.4 Å². The zero-order valence-electron chi connectivity index (χ0n) is 43.1. The van der Waals surface area contributed by atoms with Crippen LogP contribution in [0.3, 0.4) is 0 Å². The first-order chi connectivity index (χ1) is 35.5. The number of unbranched alkanes of at least 4 members (excludes halogenated alkanes) is 7. The lowest BCUT2D eigenvalue weighted by atomic mass is 10.0. The molecule has 1 aromatic heterocycles. The summed E-state index contributed by atoms with van der Waals surface area (Å²) >= 11 is 0. The first kappa shape index (κ1) is 66.0. The number of anilines is 1. The average Bonchev–Trinajstić information content (AvgIpc) is 3.63. The number of carbonyl (C=O) groups excluding carboxylic acids is 2. The number of carbonyl (C=O) groups is 2. The number of nitrogens with zero attached hydrogens (tertiary/aromatic N) is 2. The van der Waals surface area contributed by atoms with Crippen molar-refractivity contribution in [1.82, 2.24) is 9.55 Å². The summed E-state index contributed by atoms with van der Waals surface area (Å²) < 4.78 is 56.5. The van der Waals surface area contributed by atoms with E-state index in [1.807, 2.05) is 30.4 Å². The Labute approximate surface area is 436 Å². The van der Waals surface area contributed by atoms with Crippen LogP contribution in [-0.4, -0.2) is 108 Å². The van der Waals surface area contributed by atoms with Crippen molar-refractivity contribution in [2.24, 2.45) is 0 Å². The number of phosphoric ester groups is 2. The second-order valence-electron chi connectivity index (χ2n) is 17.6. The molecule has 0 amide bonds. The maximum atomic E-state index is 12.9. The molecule has 0 radical (unpaired) electrons. The van der Waals surface area contributed by atoms with Crippen molar-refractivity contribution in [3.05, 3.63) is 108 Å². The van der Waals surface area contributed by atoms with Crippen LogP contribution in [0.2, 0.25) is 0 Å².